The molecule has 0 aliphatic rings. The van der Waals surface area contributed by atoms with E-state index in [9.17, 15) is 14.3 Å². The lowest BCUT2D eigenvalue weighted by molar-refractivity contribution is -0.116. The molecule has 0 bridgehead atoms. The van der Waals surface area contributed by atoms with Gasteiger partial charge in [0.05, 0.1) is 13.2 Å². The van der Waals surface area contributed by atoms with Gasteiger partial charge in [0, 0.05) is 12.6 Å². The number of hydrogen-bond acceptors (Lipinski definition) is 3. The number of amides is 1. The van der Waals surface area contributed by atoms with E-state index in [1.165, 1.54) is 18.2 Å². The highest BCUT2D eigenvalue weighted by Gasteiger charge is 2.09. The van der Waals surface area contributed by atoms with Crippen molar-refractivity contribution >= 4 is 11.5 Å². The van der Waals surface area contributed by atoms with E-state index in [0.29, 0.717) is 22.4 Å². The van der Waals surface area contributed by atoms with E-state index in [1.54, 1.807) is 50.4 Å². The predicted octanol–water partition coefficient (Wildman–Crippen LogP) is 3.09. The Balaban J connectivity index is 1.93. The maximum Gasteiger partial charge on any atom is 0.244 e. The van der Waals surface area contributed by atoms with Gasteiger partial charge in [-0.1, -0.05) is 24.3 Å². The number of aliphatic hydroxyl groups excluding tert-OH is 1. The van der Waals surface area contributed by atoms with Crippen molar-refractivity contribution < 1.29 is 19.0 Å². The lowest BCUT2D eigenvalue weighted by atomic mass is 10.1. The van der Waals surface area contributed by atoms with E-state index < -0.39 is 6.10 Å². The van der Waals surface area contributed by atoms with Crippen LogP contribution in [0.5, 0.6) is 5.75 Å². The van der Waals surface area contributed by atoms with Gasteiger partial charge >= 0.3 is 0 Å². The number of aliphatic hydroxyl groups is 1. The number of halogens is 1. The Kier molecular flexibility index (Phi) is 6.09. The van der Waals surface area contributed by atoms with E-state index in [4.69, 9.17) is 4.74 Å². The number of rotatable bonds is 6. The molecule has 0 aromatic heterocycles. The molecule has 0 saturated carbocycles. The molecule has 5 heteroatoms. The van der Waals surface area contributed by atoms with Crippen molar-refractivity contribution in [2.75, 3.05) is 13.7 Å². The number of allylic oxidation sites excluding steroid dienone is 1. The zero-order valence-electron chi connectivity index (χ0n) is 13.6. The molecular formula is C19H20FNO3. The molecule has 24 heavy (non-hydrogen) atoms. The van der Waals surface area contributed by atoms with Gasteiger partial charge in [-0.2, -0.15) is 0 Å². The molecule has 1 unspecified atom stereocenters. The molecule has 2 N–H and O–H groups in total. The van der Waals surface area contributed by atoms with Gasteiger partial charge in [-0.15, -0.1) is 0 Å². The minimum absolute atomic E-state index is 0.0814. The monoisotopic (exact) mass is 329 g/mol. The Morgan fingerprint density at radius 1 is 1.29 bits per heavy atom. The molecular weight excluding hydrogens is 309 g/mol. The number of carbonyl (C=O) groups excluding carboxylic acids is 1. The first kappa shape index (κ1) is 17.7. The van der Waals surface area contributed by atoms with Crippen LogP contribution < -0.4 is 10.1 Å². The summed E-state index contributed by atoms with van der Waals surface area (Å²) in [6.45, 7) is 1.81. The number of nitrogens with one attached hydrogen (secondary N) is 1. The zero-order chi connectivity index (χ0) is 17.5. The van der Waals surface area contributed by atoms with Crippen LogP contribution in [0.1, 0.15) is 24.2 Å². The Morgan fingerprint density at radius 3 is 2.62 bits per heavy atom. The van der Waals surface area contributed by atoms with Crippen molar-refractivity contribution in [3.8, 4) is 5.75 Å². The fourth-order valence-corrected chi connectivity index (χ4v) is 2.21. The number of ether oxygens (including phenoxy) is 1. The SMILES string of the molecule is COc1ccc(C(O)CNC(=O)C=C(C)c2cccc(F)c2)cc1. The van der Waals surface area contributed by atoms with Crippen LogP contribution in [0.25, 0.3) is 5.57 Å². The third kappa shape index (κ3) is 4.93. The van der Waals surface area contributed by atoms with Crippen LogP contribution in [-0.4, -0.2) is 24.7 Å². The van der Waals surface area contributed by atoms with E-state index in [0.717, 1.165) is 0 Å². The molecule has 0 heterocycles. The summed E-state index contributed by atoms with van der Waals surface area (Å²) in [7, 11) is 1.57. The first-order valence-corrected chi connectivity index (χ1v) is 7.53. The largest absolute Gasteiger partial charge is 0.497 e. The van der Waals surface area contributed by atoms with Crippen molar-refractivity contribution in [1.29, 1.82) is 0 Å². The average Bonchev–Trinajstić information content (AvgIpc) is 2.59. The van der Waals surface area contributed by atoms with E-state index in [-0.39, 0.29) is 18.3 Å². The average molecular weight is 329 g/mol. The summed E-state index contributed by atoms with van der Waals surface area (Å²) >= 11 is 0. The quantitative estimate of drug-likeness (QED) is 0.801. The predicted molar refractivity (Wildman–Crippen MR) is 91.0 cm³/mol. The van der Waals surface area contributed by atoms with Gasteiger partial charge in [0.25, 0.3) is 0 Å². The normalized spacial score (nSPS) is 12.6. The molecule has 2 aromatic rings. The molecule has 0 aliphatic heterocycles. The fraction of sp³-hybridized carbons (Fsp3) is 0.211. The van der Waals surface area contributed by atoms with Gasteiger partial charge in [-0.05, 0) is 47.9 Å². The van der Waals surface area contributed by atoms with Gasteiger partial charge in [0.1, 0.15) is 11.6 Å². The van der Waals surface area contributed by atoms with Crippen molar-refractivity contribution in [3.05, 3.63) is 71.6 Å². The van der Waals surface area contributed by atoms with E-state index >= 15 is 0 Å². The van der Waals surface area contributed by atoms with Crippen LogP contribution >= 0.6 is 0 Å². The molecule has 4 nitrogen and oxygen atoms in total. The van der Waals surface area contributed by atoms with Gasteiger partial charge in [0.15, 0.2) is 0 Å². The van der Waals surface area contributed by atoms with Crippen LogP contribution in [0.2, 0.25) is 0 Å². The highest BCUT2D eigenvalue weighted by Crippen LogP contribution is 2.17. The molecule has 0 saturated heterocycles. The second-order valence-corrected chi connectivity index (χ2v) is 5.37. The minimum atomic E-state index is -0.817. The molecule has 0 aliphatic carbocycles. The minimum Gasteiger partial charge on any atom is -0.497 e. The molecule has 1 atom stereocenters. The van der Waals surface area contributed by atoms with Crippen LogP contribution in [0.4, 0.5) is 4.39 Å². The zero-order valence-corrected chi connectivity index (χ0v) is 13.6. The third-order valence-corrected chi connectivity index (χ3v) is 3.60. The summed E-state index contributed by atoms with van der Waals surface area (Å²) < 4.78 is 18.2. The lowest BCUT2D eigenvalue weighted by Gasteiger charge is -2.12. The third-order valence-electron chi connectivity index (χ3n) is 3.60. The molecule has 0 radical (unpaired) electrons. The van der Waals surface area contributed by atoms with E-state index in [1.807, 2.05) is 0 Å². The maximum absolute atomic E-state index is 13.2. The van der Waals surface area contributed by atoms with Crippen molar-refractivity contribution in [1.82, 2.24) is 5.32 Å². The summed E-state index contributed by atoms with van der Waals surface area (Å²) in [5, 5.41) is 12.7. The Labute approximate surface area is 140 Å². The Morgan fingerprint density at radius 2 is 2.00 bits per heavy atom. The second kappa shape index (κ2) is 8.26. The van der Waals surface area contributed by atoms with Crippen molar-refractivity contribution in [2.45, 2.75) is 13.0 Å². The number of carbonyl (C=O) groups is 1. The number of benzene rings is 2. The summed E-state index contributed by atoms with van der Waals surface area (Å²) in [5.74, 6) is 0.00328. The van der Waals surface area contributed by atoms with Gasteiger partial charge < -0.3 is 15.2 Å². The van der Waals surface area contributed by atoms with Crippen LogP contribution in [0.15, 0.2) is 54.6 Å². The smallest absolute Gasteiger partial charge is 0.244 e. The Hall–Kier alpha value is -2.66. The van der Waals surface area contributed by atoms with Crippen molar-refractivity contribution in [2.24, 2.45) is 0 Å². The van der Waals surface area contributed by atoms with Crippen LogP contribution in [0, 0.1) is 5.82 Å². The van der Waals surface area contributed by atoms with Crippen LogP contribution in [-0.2, 0) is 4.79 Å². The van der Waals surface area contributed by atoms with Gasteiger partial charge in [-0.3, -0.25) is 4.79 Å². The van der Waals surface area contributed by atoms with Gasteiger partial charge in [0.2, 0.25) is 5.91 Å². The fourth-order valence-electron chi connectivity index (χ4n) is 2.21. The summed E-state index contributed by atoms with van der Waals surface area (Å²) in [6, 6.07) is 13.0. The van der Waals surface area contributed by atoms with Gasteiger partial charge in [-0.25, -0.2) is 4.39 Å². The standard InChI is InChI=1S/C19H20FNO3/c1-13(15-4-3-5-16(20)11-15)10-19(23)21-12-18(22)14-6-8-17(24-2)9-7-14/h3-11,18,22H,12H2,1-2H3,(H,21,23). The lowest BCUT2D eigenvalue weighted by Crippen LogP contribution is -2.26. The highest BCUT2D eigenvalue weighted by atomic mass is 19.1. The number of methoxy groups -OCH3 is 1. The number of hydrogen-bond donors (Lipinski definition) is 2. The molecule has 0 spiro atoms. The summed E-state index contributed by atoms with van der Waals surface area (Å²) in [5.41, 5.74) is 1.97. The summed E-state index contributed by atoms with van der Waals surface area (Å²) in [4.78, 5) is 11.9. The molecule has 1 amide bonds. The molecule has 126 valence electrons. The molecule has 2 rings (SSSR count). The Bertz CT molecular complexity index is 726. The van der Waals surface area contributed by atoms with Crippen molar-refractivity contribution in [3.63, 3.8) is 0 Å². The molecule has 2 aromatic carbocycles. The molecule has 0 fully saturated rings. The first-order chi connectivity index (χ1) is 11.5. The topological polar surface area (TPSA) is 58.6 Å². The second-order valence-electron chi connectivity index (χ2n) is 5.37. The highest BCUT2D eigenvalue weighted by molar-refractivity contribution is 5.94. The summed E-state index contributed by atoms with van der Waals surface area (Å²) in [6.07, 6.45) is 0.568. The first-order valence-electron chi connectivity index (χ1n) is 7.53. The van der Waals surface area contributed by atoms with E-state index in [2.05, 4.69) is 5.32 Å². The van der Waals surface area contributed by atoms with Crippen LogP contribution in [0.3, 0.4) is 0 Å². The maximum atomic E-state index is 13.2.